The molecule has 12 nitrogen and oxygen atoms in total. The Kier molecular flexibility index (Phi) is 12.6. The molecule has 5 rings (SSSR count). The monoisotopic (exact) mass is 737 g/mol. The summed E-state index contributed by atoms with van der Waals surface area (Å²) in [5.41, 5.74) is 11.6. The summed E-state index contributed by atoms with van der Waals surface area (Å²) in [6.45, 7) is 3.64. The second kappa shape index (κ2) is 16.7. The largest absolute Gasteiger partial charge is 0.480 e. The standard InChI is InChI=1S/C35H47ClF3N7O5/c1-43-12-9-25(10-13-43)45-16-17-46(29(21-45)33(48)49)32(47)30(20-22-18-26(35(37,38)39)31(41)27(36)19-22)51-34(50)44-14-7-24(8-15-44)42-11-6-23-4-2-3-5-28(23)40/h2-5,18-19,24-25,29-30,42H,6-17,20-21,40-41H2,1H3,(H,48,49)/t29-,30+/m0/s1. The van der Waals surface area contributed by atoms with Crippen LogP contribution >= 0.6 is 11.6 Å². The number of hydrogen-bond donors (Lipinski definition) is 4. The van der Waals surface area contributed by atoms with Crippen LogP contribution in [0.25, 0.3) is 0 Å². The summed E-state index contributed by atoms with van der Waals surface area (Å²) in [5, 5.41) is 13.3. The topological polar surface area (TPSA) is 158 Å². The van der Waals surface area contributed by atoms with Crippen LogP contribution in [0.4, 0.5) is 29.3 Å². The number of anilines is 2. The van der Waals surface area contributed by atoms with Gasteiger partial charge >= 0.3 is 18.2 Å². The van der Waals surface area contributed by atoms with Crippen LogP contribution < -0.4 is 16.8 Å². The number of nitrogens with two attached hydrogens (primary N) is 2. The summed E-state index contributed by atoms with van der Waals surface area (Å²) in [6, 6.07) is 8.69. The molecule has 0 bridgehead atoms. The van der Waals surface area contributed by atoms with E-state index in [1.165, 1.54) is 15.9 Å². The Morgan fingerprint density at radius 3 is 2.35 bits per heavy atom. The van der Waals surface area contributed by atoms with E-state index in [2.05, 4.69) is 15.1 Å². The van der Waals surface area contributed by atoms with Crippen LogP contribution in [0.1, 0.15) is 42.4 Å². The number of nitrogen functional groups attached to an aromatic ring is 2. The van der Waals surface area contributed by atoms with Crippen molar-refractivity contribution >= 4 is 40.9 Å². The number of nitrogens with zero attached hydrogens (tertiary/aromatic N) is 4. The summed E-state index contributed by atoms with van der Waals surface area (Å²) >= 11 is 6.09. The maximum atomic E-state index is 14.1. The molecule has 2 aromatic carbocycles. The van der Waals surface area contributed by atoms with E-state index in [1.54, 1.807) is 0 Å². The maximum Gasteiger partial charge on any atom is 0.418 e. The van der Waals surface area contributed by atoms with E-state index in [1.807, 2.05) is 31.3 Å². The molecule has 3 aliphatic heterocycles. The fourth-order valence-corrected chi connectivity index (χ4v) is 7.45. The van der Waals surface area contributed by atoms with Crippen molar-refractivity contribution in [1.29, 1.82) is 0 Å². The van der Waals surface area contributed by atoms with Gasteiger partial charge in [-0.3, -0.25) is 9.69 Å². The van der Waals surface area contributed by atoms with E-state index in [0.717, 1.165) is 49.7 Å². The highest BCUT2D eigenvalue weighted by molar-refractivity contribution is 6.33. The molecular formula is C35H47ClF3N7O5. The number of piperidine rings is 2. The minimum atomic E-state index is -4.83. The summed E-state index contributed by atoms with van der Waals surface area (Å²) in [4.78, 5) is 47.1. The third-order valence-corrected chi connectivity index (χ3v) is 10.6. The van der Waals surface area contributed by atoms with Crippen LogP contribution in [0.2, 0.25) is 5.02 Å². The lowest BCUT2D eigenvalue weighted by Crippen LogP contribution is -2.63. The van der Waals surface area contributed by atoms with Crippen molar-refractivity contribution in [3.05, 3.63) is 58.1 Å². The Morgan fingerprint density at radius 1 is 1.02 bits per heavy atom. The molecule has 0 aliphatic carbocycles. The van der Waals surface area contributed by atoms with Crippen molar-refractivity contribution in [2.75, 3.05) is 70.9 Å². The van der Waals surface area contributed by atoms with Gasteiger partial charge in [0.2, 0.25) is 0 Å². The van der Waals surface area contributed by atoms with Gasteiger partial charge in [0.25, 0.3) is 5.91 Å². The number of halogens is 4. The Labute approximate surface area is 300 Å². The number of aliphatic carboxylic acids is 1. The number of carboxylic acid groups (broad SMARTS) is 1. The van der Waals surface area contributed by atoms with Crippen molar-refractivity contribution in [2.24, 2.45) is 0 Å². The predicted molar refractivity (Wildman–Crippen MR) is 187 cm³/mol. The first-order valence-corrected chi connectivity index (χ1v) is 17.7. The van der Waals surface area contributed by atoms with E-state index in [-0.39, 0.29) is 35.8 Å². The lowest BCUT2D eigenvalue weighted by atomic mass is 9.99. The van der Waals surface area contributed by atoms with Gasteiger partial charge < -0.3 is 41.3 Å². The van der Waals surface area contributed by atoms with Crippen LogP contribution in [-0.4, -0.2) is 126 Å². The zero-order valence-electron chi connectivity index (χ0n) is 28.7. The maximum absolute atomic E-state index is 14.1. The van der Waals surface area contributed by atoms with Gasteiger partial charge in [-0.25, -0.2) is 9.59 Å². The minimum Gasteiger partial charge on any atom is -0.480 e. The molecule has 3 fully saturated rings. The molecule has 51 heavy (non-hydrogen) atoms. The van der Waals surface area contributed by atoms with Crippen molar-refractivity contribution < 1.29 is 37.4 Å². The van der Waals surface area contributed by atoms with Crippen LogP contribution in [-0.2, 0) is 33.3 Å². The average Bonchev–Trinajstić information content (AvgIpc) is 3.09. The van der Waals surface area contributed by atoms with Gasteiger partial charge in [0.1, 0.15) is 6.04 Å². The average molecular weight is 738 g/mol. The van der Waals surface area contributed by atoms with Crippen LogP contribution in [0.15, 0.2) is 36.4 Å². The Morgan fingerprint density at radius 2 is 1.71 bits per heavy atom. The molecule has 3 heterocycles. The number of alkyl halides is 3. The predicted octanol–water partition coefficient (Wildman–Crippen LogP) is 3.56. The Balaban J connectivity index is 1.28. The number of para-hydroxylation sites is 1. The number of carbonyl (C=O) groups is 3. The zero-order valence-corrected chi connectivity index (χ0v) is 29.5. The van der Waals surface area contributed by atoms with Crippen molar-refractivity contribution in [3.8, 4) is 0 Å². The first-order valence-electron chi connectivity index (χ1n) is 17.3. The fraction of sp³-hybridized carbons (Fsp3) is 0.571. The second-order valence-electron chi connectivity index (χ2n) is 13.7. The number of carbonyl (C=O) groups excluding carboxylic acids is 2. The van der Waals surface area contributed by atoms with Gasteiger partial charge in [-0.15, -0.1) is 0 Å². The van der Waals surface area contributed by atoms with Gasteiger partial charge in [-0.1, -0.05) is 29.8 Å². The molecule has 0 saturated carbocycles. The SMILES string of the molecule is CN1CCC(N2CCN(C(=O)[C@@H](Cc3cc(Cl)c(N)c(C(F)(F)F)c3)OC(=O)N3CCC(NCCc4ccccc4N)CC3)[C@H](C(=O)O)C2)CC1. The van der Waals surface area contributed by atoms with Crippen molar-refractivity contribution in [1.82, 2.24) is 24.9 Å². The summed E-state index contributed by atoms with van der Waals surface area (Å²) in [6.07, 6.45) is -4.01. The molecule has 2 aromatic rings. The van der Waals surface area contributed by atoms with Crippen molar-refractivity contribution in [2.45, 2.75) is 68.9 Å². The van der Waals surface area contributed by atoms with Gasteiger partial charge in [0.15, 0.2) is 6.10 Å². The highest BCUT2D eigenvalue weighted by Gasteiger charge is 2.42. The highest BCUT2D eigenvalue weighted by atomic mass is 35.5. The third kappa shape index (κ3) is 9.76. The number of rotatable bonds is 10. The molecule has 3 aliphatic rings. The number of piperazine rings is 1. The van der Waals surface area contributed by atoms with Gasteiger partial charge in [-0.2, -0.15) is 13.2 Å². The fourth-order valence-electron chi connectivity index (χ4n) is 7.21. The van der Waals surface area contributed by atoms with Crippen LogP contribution in [0.5, 0.6) is 0 Å². The molecule has 2 amide bonds. The lowest BCUT2D eigenvalue weighted by molar-refractivity contribution is -0.159. The molecule has 280 valence electrons. The number of nitrogens with one attached hydrogen (secondary N) is 1. The first-order chi connectivity index (χ1) is 24.2. The van der Waals surface area contributed by atoms with E-state index in [9.17, 15) is 32.7 Å². The molecule has 0 unspecified atom stereocenters. The van der Waals surface area contributed by atoms with Gasteiger partial charge in [0.05, 0.1) is 16.3 Å². The molecule has 6 N–H and O–H groups in total. The van der Waals surface area contributed by atoms with Gasteiger partial charge in [0, 0.05) is 56.9 Å². The van der Waals surface area contributed by atoms with E-state index in [4.69, 9.17) is 27.8 Å². The van der Waals surface area contributed by atoms with Crippen molar-refractivity contribution in [3.63, 3.8) is 0 Å². The quantitative estimate of drug-likeness (QED) is 0.266. The number of carboxylic acids is 1. The zero-order chi connectivity index (χ0) is 36.9. The third-order valence-electron chi connectivity index (χ3n) is 10.3. The van der Waals surface area contributed by atoms with Gasteiger partial charge in [-0.05, 0) is 88.1 Å². The first kappa shape index (κ1) is 38.4. The smallest absolute Gasteiger partial charge is 0.418 e. The van der Waals surface area contributed by atoms with Crippen LogP contribution in [0, 0.1) is 0 Å². The second-order valence-corrected chi connectivity index (χ2v) is 14.1. The molecule has 16 heteroatoms. The number of hydrogen-bond acceptors (Lipinski definition) is 9. The minimum absolute atomic E-state index is 0.0357. The molecule has 2 atom stereocenters. The van der Waals surface area contributed by atoms with Crippen LogP contribution in [0.3, 0.4) is 0 Å². The molecule has 0 radical (unpaired) electrons. The Hall–Kier alpha value is -3.79. The number of amides is 2. The Bertz CT molecular complexity index is 1550. The molecular weight excluding hydrogens is 691 g/mol. The summed E-state index contributed by atoms with van der Waals surface area (Å²) in [5.74, 6) is -2.01. The molecule has 3 saturated heterocycles. The molecule has 0 spiro atoms. The summed E-state index contributed by atoms with van der Waals surface area (Å²) < 4.78 is 47.2. The van der Waals surface area contributed by atoms with E-state index >= 15 is 0 Å². The highest BCUT2D eigenvalue weighted by Crippen LogP contribution is 2.38. The number of likely N-dealkylation sites (tertiary alicyclic amines) is 2. The van der Waals surface area contributed by atoms with E-state index in [0.29, 0.717) is 39.0 Å². The summed E-state index contributed by atoms with van der Waals surface area (Å²) in [7, 11) is 2.03. The lowest BCUT2D eigenvalue weighted by Gasteiger charge is -2.45. The van der Waals surface area contributed by atoms with E-state index < -0.39 is 54.0 Å². The number of ether oxygens (including phenoxy) is 1. The normalized spacial score (nSPS) is 20.7. The number of benzene rings is 2. The molecule has 0 aromatic heterocycles.